The zero-order valence-electron chi connectivity index (χ0n) is 14.4. The summed E-state index contributed by atoms with van der Waals surface area (Å²) in [5.41, 5.74) is 1.20. The number of hydrogen-bond acceptors (Lipinski definition) is 4. The van der Waals surface area contributed by atoms with Crippen LogP contribution in [0.25, 0.3) is 6.08 Å². The molecule has 0 aromatic heterocycles. The number of rotatable bonds is 9. The Kier molecular flexibility index (Phi) is 10.4. The van der Waals surface area contributed by atoms with E-state index in [1.807, 2.05) is 68.3 Å². The van der Waals surface area contributed by atoms with Crippen LogP contribution in [-0.2, 0) is 9.59 Å². The molecule has 4 nitrogen and oxygen atoms in total. The molecule has 0 saturated heterocycles. The minimum Gasteiger partial charge on any atom is -0.309 e. The number of carbonyl (C=O) groups excluding carboxylic acids is 2. The Hall–Kier alpha value is -1.49. The van der Waals surface area contributed by atoms with Crippen LogP contribution in [0.1, 0.15) is 18.4 Å². The Bertz CT molecular complexity index is 499. The van der Waals surface area contributed by atoms with E-state index in [1.165, 1.54) is 0 Å². The van der Waals surface area contributed by atoms with E-state index < -0.39 is 0 Å². The number of ketones is 2. The average Bonchev–Trinajstić information content (AvgIpc) is 2.48. The molecule has 0 unspecified atom stereocenters. The molecule has 0 atom stereocenters. The standard InChI is InChI=1S/C18H26N2O2.ClH/c1-19(2)12-10-17(21)16(18(22)11-13-20(3)4)14-15-8-6-5-7-9-15;/h5-9,14H,10-13H2,1-4H3;1H. The van der Waals surface area contributed by atoms with Crippen LogP contribution in [0, 0.1) is 0 Å². The van der Waals surface area contributed by atoms with Crippen molar-refractivity contribution in [2.75, 3.05) is 41.3 Å². The van der Waals surface area contributed by atoms with Gasteiger partial charge in [-0.05, 0) is 39.8 Å². The molecule has 0 saturated carbocycles. The van der Waals surface area contributed by atoms with Gasteiger partial charge in [-0.3, -0.25) is 9.59 Å². The van der Waals surface area contributed by atoms with E-state index in [1.54, 1.807) is 6.08 Å². The molecule has 0 spiro atoms. The summed E-state index contributed by atoms with van der Waals surface area (Å²) in [6, 6.07) is 9.52. The van der Waals surface area contributed by atoms with E-state index in [0.717, 1.165) is 5.56 Å². The lowest BCUT2D eigenvalue weighted by molar-refractivity contribution is -0.121. The molecule has 5 heteroatoms. The van der Waals surface area contributed by atoms with Gasteiger partial charge < -0.3 is 9.80 Å². The van der Waals surface area contributed by atoms with Gasteiger partial charge in [0.2, 0.25) is 0 Å². The molecule has 0 aliphatic rings. The lowest BCUT2D eigenvalue weighted by atomic mass is 9.98. The minimum absolute atomic E-state index is 0. The van der Waals surface area contributed by atoms with E-state index >= 15 is 0 Å². The minimum atomic E-state index is -0.0821. The van der Waals surface area contributed by atoms with Gasteiger partial charge in [0.15, 0.2) is 11.6 Å². The molecule has 23 heavy (non-hydrogen) atoms. The van der Waals surface area contributed by atoms with Gasteiger partial charge in [0, 0.05) is 25.9 Å². The van der Waals surface area contributed by atoms with Crippen molar-refractivity contribution in [2.24, 2.45) is 0 Å². The molecule has 1 aromatic carbocycles. The highest BCUT2D eigenvalue weighted by molar-refractivity contribution is 6.23. The van der Waals surface area contributed by atoms with E-state index in [9.17, 15) is 9.59 Å². The van der Waals surface area contributed by atoms with Crippen molar-refractivity contribution in [1.82, 2.24) is 9.80 Å². The van der Waals surface area contributed by atoms with Crippen molar-refractivity contribution >= 4 is 30.0 Å². The molecule has 0 aliphatic carbocycles. The van der Waals surface area contributed by atoms with Gasteiger partial charge in [-0.1, -0.05) is 30.3 Å². The maximum atomic E-state index is 12.4. The number of nitrogens with zero attached hydrogens (tertiary/aromatic N) is 2. The Labute approximate surface area is 145 Å². The zero-order chi connectivity index (χ0) is 16.5. The highest BCUT2D eigenvalue weighted by Gasteiger charge is 2.18. The first-order valence-corrected chi connectivity index (χ1v) is 7.52. The zero-order valence-corrected chi connectivity index (χ0v) is 15.2. The Balaban J connectivity index is 0.00000484. The van der Waals surface area contributed by atoms with Gasteiger partial charge in [0.1, 0.15) is 0 Å². The first kappa shape index (κ1) is 21.5. The van der Waals surface area contributed by atoms with Crippen LogP contribution in [-0.4, -0.2) is 62.6 Å². The number of hydrogen-bond donors (Lipinski definition) is 0. The molecular formula is C18H27ClN2O2. The van der Waals surface area contributed by atoms with E-state index in [0.29, 0.717) is 31.5 Å². The second-order valence-electron chi connectivity index (χ2n) is 5.92. The highest BCUT2D eigenvalue weighted by Crippen LogP contribution is 2.12. The first-order valence-electron chi connectivity index (χ1n) is 7.52. The molecule has 1 rings (SSSR count). The first-order chi connectivity index (χ1) is 10.4. The van der Waals surface area contributed by atoms with Gasteiger partial charge in [-0.25, -0.2) is 0 Å². The maximum absolute atomic E-state index is 12.4. The summed E-state index contributed by atoms with van der Waals surface area (Å²) in [5, 5.41) is 0. The van der Waals surface area contributed by atoms with Crippen molar-refractivity contribution in [3.63, 3.8) is 0 Å². The van der Waals surface area contributed by atoms with Gasteiger partial charge in [-0.15, -0.1) is 12.4 Å². The average molecular weight is 339 g/mol. The van der Waals surface area contributed by atoms with Gasteiger partial charge in [0.05, 0.1) is 5.57 Å². The molecule has 0 bridgehead atoms. The van der Waals surface area contributed by atoms with Gasteiger partial charge in [0.25, 0.3) is 0 Å². The van der Waals surface area contributed by atoms with Crippen LogP contribution in [0.3, 0.4) is 0 Å². The topological polar surface area (TPSA) is 40.6 Å². The maximum Gasteiger partial charge on any atom is 0.167 e. The van der Waals surface area contributed by atoms with Gasteiger partial charge in [-0.2, -0.15) is 0 Å². The summed E-state index contributed by atoms with van der Waals surface area (Å²) in [4.78, 5) is 28.7. The van der Waals surface area contributed by atoms with Crippen molar-refractivity contribution in [3.8, 4) is 0 Å². The molecular weight excluding hydrogens is 312 g/mol. The third kappa shape index (κ3) is 8.65. The summed E-state index contributed by atoms with van der Waals surface area (Å²) in [6.07, 6.45) is 2.44. The normalized spacial score (nSPS) is 10.3. The van der Waals surface area contributed by atoms with Crippen molar-refractivity contribution in [1.29, 1.82) is 0 Å². The van der Waals surface area contributed by atoms with Crippen LogP contribution in [0.2, 0.25) is 0 Å². The quantitative estimate of drug-likeness (QED) is 0.394. The predicted molar refractivity (Wildman–Crippen MR) is 98.0 cm³/mol. The fraction of sp³-hybridized carbons (Fsp3) is 0.444. The van der Waals surface area contributed by atoms with Crippen LogP contribution < -0.4 is 0 Å². The second kappa shape index (κ2) is 11.1. The largest absolute Gasteiger partial charge is 0.309 e. The van der Waals surface area contributed by atoms with Crippen molar-refractivity contribution in [3.05, 3.63) is 41.5 Å². The smallest absolute Gasteiger partial charge is 0.167 e. The molecule has 0 N–H and O–H groups in total. The number of benzene rings is 1. The SMILES string of the molecule is CN(C)CCC(=O)C(=Cc1ccccc1)C(=O)CCN(C)C.Cl. The lowest BCUT2D eigenvalue weighted by Crippen LogP contribution is -2.23. The summed E-state index contributed by atoms with van der Waals surface area (Å²) in [7, 11) is 7.67. The highest BCUT2D eigenvalue weighted by atomic mass is 35.5. The lowest BCUT2D eigenvalue weighted by Gasteiger charge is -2.12. The van der Waals surface area contributed by atoms with Crippen molar-refractivity contribution < 1.29 is 9.59 Å². The molecule has 1 aromatic rings. The Morgan fingerprint density at radius 1 is 0.870 bits per heavy atom. The fourth-order valence-corrected chi connectivity index (χ4v) is 1.95. The predicted octanol–water partition coefficient (Wildman–Crippen LogP) is 2.53. The van der Waals surface area contributed by atoms with Gasteiger partial charge >= 0.3 is 0 Å². The van der Waals surface area contributed by atoms with Crippen LogP contribution in [0.5, 0.6) is 0 Å². The molecule has 0 amide bonds. The number of halogens is 1. The Morgan fingerprint density at radius 2 is 1.30 bits per heavy atom. The van der Waals surface area contributed by atoms with E-state index in [2.05, 4.69) is 0 Å². The van der Waals surface area contributed by atoms with Crippen LogP contribution >= 0.6 is 12.4 Å². The van der Waals surface area contributed by atoms with Crippen LogP contribution in [0.4, 0.5) is 0 Å². The number of carbonyl (C=O) groups is 2. The third-order valence-corrected chi connectivity index (χ3v) is 3.28. The van der Waals surface area contributed by atoms with Crippen LogP contribution in [0.15, 0.2) is 35.9 Å². The number of Topliss-reactive ketones (excluding diaryl/α,β-unsaturated/α-hetero) is 2. The molecule has 0 aliphatic heterocycles. The second-order valence-corrected chi connectivity index (χ2v) is 5.92. The summed E-state index contributed by atoms with van der Waals surface area (Å²) in [5.74, 6) is -0.164. The summed E-state index contributed by atoms with van der Waals surface area (Å²) in [6.45, 7) is 1.29. The summed E-state index contributed by atoms with van der Waals surface area (Å²) >= 11 is 0. The molecule has 0 fully saturated rings. The summed E-state index contributed by atoms with van der Waals surface area (Å²) < 4.78 is 0. The fourth-order valence-electron chi connectivity index (χ4n) is 1.95. The monoisotopic (exact) mass is 338 g/mol. The Morgan fingerprint density at radius 3 is 1.70 bits per heavy atom. The van der Waals surface area contributed by atoms with Crippen molar-refractivity contribution in [2.45, 2.75) is 12.8 Å². The van der Waals surface area contributed by atoms with E-state index in [4.69, 9.17) is 0 Å². The molecule has 0 radical (unpaired) electrons. The molecule has 128 valence electrons. The third-order valence-electron chi connectivity index (χ3n) is 3.28. The molecule has 0 heterocycles. The van der Waals surface area contributed by atoms with E-state index in [-0.39, 0.29) is 24.0 Å². The number of allylic oxidation sites excluding steroid dienone is 1.